The van der Waals surface area contributed by atoms with Crippen LogP contribution in [0.25, 0.3) is 0 Å². The van der Waals surface area contributed by atoms with E-state index in [2.05, 4.69) is 73.1 Å². The number of hydrogen-bond acceptors (Lipinski definition) is 6. The van der Waals surface area contributed by atoms with Crippen molar-refractivity contribution in [2.24, 2.45) is 11.8 Å². The third kappa shape index (κ3) is 4.58. The third-order valence-electron chi connectivity index (χ3n) is 8.68. The summed E-state index contributed by atoms with van der Waals surface area (Å²) in [5.41, 5.74) is 4.90. The SMILES string of the molecule is CC1CCC(NC(=O)CCCc2nnc3n2C2CCCCC2C2NC(c4ccccc4)NN32)CC1. The maximum absolute atomic E-state index is 12.6. The Morgan fingerprint density at radius 3 is 2.69 bits per heavy atom. The fourth-order valence-corrected chi connectivity index (χ4v) is 6.74. The van der Waals surface area contributed by atoms with Gasteiger partial charge in [-0.25, -0.2) is 5.43 Å². The molecule has 1 aromatic heterocycles. The van der Waals surface area contributed by atoms with E-state index in [0.717, 1.165) is 43.4 Å². The third-order valence-corrected chi connectivity index (χ3v) is 8.68. The number of aromatic nitrogens is 3. The smallest absolute Gasteiger partial charge is 0.243 e. The zero-order valence-corrected chi connectivity index (χ0v) is 20.8. The molecule has 4 atom stereocenters. The normalized spacial score (nSPS) is 32.0. The lowest BCUT2D eigenvalue weighted by Gasteiger charge is -2.44. The minimum absolute atomic E-state index is 0.0712. The predicted octanol–water partition coefficient (Wildman–Crippen LogP) is 3.98. The van der Waals surface area contributed by atoms with Crippen LogP contribution in [0.4, 0.5) is 5.95 Å². The summed E-state index contributed by atoms with van der Waals surface area (Å²) in [5, 5.41) is 18.6. The van der Waals surface area contributed by atoms with E-state index in [1.807, 2.05) is 0 Å². The molecule has 0 bridgehead atoms. The second-order valence-corrected chi connectivity index (χ2v) is 11.1. The summed E-state index contributed by atoms with van der Waals surface area (Å²) in [6.45, 7) is 2.31. The first-order chi connectivity index (χ1) is 17.2. The van der Waals surface area contributed by atoms with Gasteiger partial charge >= 0.3 is 0 Å². The number of rotatable bonds is 6. The number of anilines is 1. The summed E-state index contributed by atoms with van der Waals surface area (Å²) < 4.78 is 2.39. The summed E-state index contributed by atoms with van der Waals surface area (Å²) in [7, 11) is 0. The van der Waals surface area contributed by atoms with Crippen LogP contribution in [0.3, 0.4) is 0 Å². The molecule has 8 nitrogen and oxygen atoms in total. The molecule has 3 fully saturated rings. The Balaban J connectivity index is 1.14. The lowest BCUT2D eigenvalue weighted by Crippen LogP contribution is -2.53. The van der Waals surface area contributed by atoms with Crippen LogP contribution in [-0.4, -0.2) is 32.9 Å². The van der Waals surface area contributed by atoms with Gasteiger partial charge in [0.1, 0.15) is 18.2 Å². The predicted molar refractivity (Wildman–Crippen MR) is 135 cm³/mol. The van der Waals surface area contributed by atoms with E-state index < -0.39 is 0 Å². The van der Waals surface area contributed by atoms with Crippen molar-refractivity contribution in [2.75, 3.05) is 5.01 Å². The van der Waals surface area contributed by atoms with E-state index in [1.54, 1.807) is 0 Å². The van der Waals surface area contributed by atoms with Gasteiger partial charge in [0.25, 0.3) is 0 Å². The van der Waals surface area contributed by atoms with Crippen molar-refractivity contribution in [3.05, 3.63) is 41.7 Å². The highest BCUT2D eigenvalue weighted by Gasteiger charge is 2.48. The lowest BCUT2D eigenvalue weighted by molar-refractivity contribution is -0.122. The van der Waals surface area contributed by atoms with Crippen LogP contribution in [0.15, 0.2) is 30.3 Å². The minimum Gasteiger partial charge on any atom is -0.353 e. The molecule has 6 rings (SSSR count). The number of benzene rings is 1. The minimum atomic E-state index is 0.0712. The summed E-state index contributed by atoms with van der Waals surface area (Å²) >= 11 is 0. The van der Waals surface area contributed by atoms with Gasteiger partial charge in [-0.15, -0.1) is 10.2 Å². The molecule has 4 aliphatic rings. The number of fused-ring (bicyclic) bond motifs is 6. The first-order valence-electron chi connectivity index (χ1n) is 13.8. The lowest BCUT2D eigenvalue weighted by atomic mass is 9.81. The molecule has 0 spiro atoms. The summed E-state index contributed by atoms with van der Waals surface area (Å²) in [6.07, 6.45) is 12.1. The molecule has 188 valence electrons. The number of carbonyl (C=O) groups excluding carboxylic acids is 1. The number of nitrogens with one attached hydrogen (secondary N) is 3. The Kier molecular flexibility index (Phi) is 6.50. The van der Waals surface area contributed by atoms with Crippen molar-refractivity contribution in [1.29, 1.82) is 0 Å². The Hall–Kier alpha value is -2.45. The standard InChI is InChI=1S/C27H39N7O/c1-18-14-16-20(17-15-18)28-24(35)13-7-12-23-30-31-27-33(23)22-11-6-5-10-21(22)26-29-25(32-34(26)27)19-8-3-2-4-9-19/h2-4,8-9,18,20-22,25-26,29,32H,5-7,10-17H2,1H3,(H,28,35). The molecule has 35 heavy (non-hydrogen) atoms. The Morgan fingerprint density at radius 1 is 1.06 bits per heavy atom. The highest BCUT2D eigenvalue weighted by atomic mass is 16.1. The second kappa shape index (κ2) is 9.90. The fourth-order valence-electron chi connectivity index (χ4n) is 6.74. The van der Waals surface area contributed by atoms with Crippen molar-refractivity contribution in [3.8, 4) is 0 Å². The maximum Gasteiger partial charge on any atom is 0.243 e. The first-order valence-corrected chi connectivity index (χ1v) is 13.8. The molecular formula is C27H39N7O. The van der Waals surface area contributed by atoms with Crippen LogP contribution in [0.2, 0.25) is 0 Å². The van der Waals surface area contributed by atoms with Gasteiger partial charge in [-0.05, 0) is 56.4 Å². The van der Waals surface area contributed by atoms with Crippen molar-refractivity contribution >= 4 is 11.9 Å². The molecule has 4 unspecified atom stereocenters. The Bertz CT molecular complexity index is 1020. The number of nitrogens with zero attached hydrogens (tertiary/aromatic N) is 4. The monoisotopic (exact) mass is 477 g/mol. The van der Waals surface area contributed by atoms with E-state index in [9.17, 15) is 4.79 Å². The molecule has 3 heterocycles. The zero-order valence-electron chi connectivity index (χ0n) is 20.8. The van der Waals surface area contributed by atoms with Gasteiger partial charge in [0.2, 0.25) is 11.9 Å². The molecule has 1 amide bonds. The van der Waals surface area contributed by atoms with Gasteiger partial charge < -0.3 is 5.32 Å². The van der Waals surface area contributed by atoms with Crippen LogP contribution in [0.5, 0.6) is 0 Å². The van der Waals surface area contributed by atoms with Crippen molar-refractivity contribution in [3.63, 3.8) is 0 Å². The highest BCUT2D eigenvalue weighted by molar-refractivity contribution is 5.76. The second-order valence-electron chi connectivity index (χ2n) is 11.1. The van der Waals surface area contributed by atoms with Crippen LogP contribution in [0, 0.1) is 11.8 Å². The molecule has 8 heteroatoms. The summed E-state index contributed by atoms with van der Waals surface area (Å²) in [5.74, 6) is 3.45. The Labute approximate surface area is 208 Å². The number of aryl methyl sites for hydroxylation is 1. The molecule has 1 aromatic carbocycles. The zero-order chi connectivity index (χ0) is 23.8. The van der Waals surface area contributed by atoms with E-state index in [4.69, 9.17) is 0 Å². The van der Waals surface area contributed by atoms with Gasteiger partial charge in [-0.3, -0.25) is 19.7 Å². The highest BCUT2D eigenvalue weighted by Crippen LogP contribution is 2.45. The van der Waals surface area contributed by atoms with Gasteiger partial charge in [-0.1, -0.05) is 50.1 Å². The van der Waals surface area contributed by atoms with Crippen molar-refractivity contribution < 1.29 is 4.79 Å². The average Bonchev–Trinajstić information content (AvgIpc) is 3.51. The molecule has 2 aliphatic carbocycles. The maximum atomic E-state index is 12.6. The largest absolute Gasteiger partial charge is 0.353 e. The fraction of sp³-hybridized carbons (Fsp3) is 0.667. The van der Waals surface area contributed by atoms with E-state index in [-0.39, 0.29) is 18.2 Å². The van der Waals surface area contributed by atoms with Gasteiger partial charge in [0, 0.05) is 30.8 Å². The number of carbonyl (C=O) groups is 1. The molecule has 2 saturated carbocycles. The molecule has 3 N–H and O–H groups in total. The number of amides is 1. The molecular weight excluding hydrogens is 438 g/mol. The summed E-state index contributed by atoms with van der Waals surface area (Å²) in [6, 6.07) is 11.3. The quantitative estimate of drug-likeness (QED) is 0.583. The average molecular weight is 478 g/mol. The van der Waals surface area contributed by atoms with Gasteiger partial charge in [0.05, 0.1) is 0 Å². The topological polar surface area (TPSA) is 87.1 Å². The van der Waals surface area contributed by atoms with E-state index >= 15 is 0 Å². The van der Waals surface area contributed by atoms with Crippen LogP contribution >= 0.6 is 0 Å². The van der Waals surface area contributed by atoms with Crippen LogP contribution < -0.4 is 21.1 Å². The van der Waals surface area contributed by atoms with E-state index in [1.165, 1.54) is 44.1 Å². The van der Waals surface area contributed by atoms with Crippen molar-refractivity contribution in [1.82, 2.24) is 30.8 Å². The molecule has 2 aromatic rings. The first kappa shape index (κ1) is 23.0. The molecule has 0 radical (unpaired) electrons. The summed E-state index contributed by atoms with van der Waals surface area (Å²) in [4.78, 5) is 12.6. The number of hydrazine groups is 1. The van der Waals surface area contributed by atoms with Gasteiger partial charge in [-0.2, -0.15) is 0 Å². The van der Waals surface area contributed by atoms with Crippen LogP contribution in [0.1, 0.15) is 94.7 Å². The van der Waals surface area contributed by atoms with Gasteiger partial charge in [0.15, 0.2) is 0 Å². The number of hydrogen-bond donors (Lipinski definition) is 3. The van der Waals surface area contributed by atoms with Crippen molar-refractivity contribution in [2.45, 2.75) is 102 Å². The molecule has 2 aliphatic heterocycles. The van der Waals surface area contributed by atoms with Crippen LogP contribution in [-0.2, 0) is 11.2 Å². The molecule has 1 saturated heterocycles. The van der Waals surface area contributed by atoms with E-state index in [0.29, 0.717) is 24.4 Å². The Morgan fingerprint density at radius 2 is 1.86 bits per heavy atom.